The molecule has 0 unspecified atom stereocenters. The number of benzene rings is 2. The maximum absolute atomic E-state index is 13.0. The second-order valence-corrected chi connectivity index (χ2v) is 11.8. The predicted molar refractivity (Wildman–Crippen MR) is 103 cm³/mol. The molecule has 2 aromatic carbocycles. The number of ether oxygens (including phenoxy) is 2. The maximum Gasteiger partial charge on any atom is 0.465 e. The largest absolute Gasteiger partial charge is 0.516 e. The minimum Gasteiger partial charge on any atom is -0.516 e. The van der Waals surface area contributed by atoms with Crippen molar-refractivity contribution in [2.75, 3.05) is 0 Å². The topological polar surface area (TPSA) is 78.9 Å². The second kappa shape index (κ2) is 9.07. The van der Waals surface area contributed by atoms with Gasteiger partial charge in [0.25, 0.3) is 0 Å². The van der Waals surface area contributed by atoms with Gasteiger partial charge in [0.2, 0.25) is 8.32 Å². The van der Waals surface area contributed by atoms with E-state index >= 15 is 0 Å². The molecular weight excluding hydrogens is 459 g/mol. The van der Waals surface area contributed by atoms with Gasteiger partial charge in [-0.1, -0.05) is 12.1 Å². The summed E-state index contributed by atoms with van der Waals surface area (Å²) >= 11 is 0. The number of esters is 2. The number of hydrogen-bond acceptors (Lipinski definition) is 6. The Bertz CT molecular complexity index is 1030. The molecule has 0 heterocycles. The molecule has 6 nitrogen and oxygen atoms in total. The van der Waals surface area contributed by atoms with Gasteiger partial charge in [0, 0.05) is 0 Å². The van der Waals surface area contributed by atoms with E-state index < -0.39 is 44.1 Å². The molecule has 0 aliphatic carbocycles. The first-order valence-electron chi connectivity index (χ1n) is 8.92. The molecule has 2 aromatic rings. The van der Waals surface area contributed by atoms with Crippen molar-refractivity contribution in [3.8, 4) is 11.5 Å². The molecule has 32 heavy (non-hydrogen) atoms. The van der Waals surface area contributed by atoms with Crippen LogP contribution in [0.4, 0.5) is 22.0 Å². The van der Waals surface area contributed by atoms with Crippen LogP contribution in [0.5, 0.6) is 11.5 Å². The van der Waals surface area contributed by atoms with Gasteiger partial charge in [-0.2, -0.15) is 22.0 Å². The normalized spacial score (nSPS) is 12.1. The van der Waals surface area contributed by atoms with Crippen LogP contribution >= 0.6 is 0 Å². The highest BCUT2D eigenvalue weighted by Gasteiger charge is 2.65. The summed E-state index contributed by atoms with van der Waals surface area (Å²) in [6.07, 6.45) is -6.14. The molecule has 0 N–H and O–H groups in total. The van der Waals surface area contributed by atoms with Crippen molar-refractivity contribution in [3.05, 3.63) is 59.7 Å². The molecule has 0 aliphatic heterocycles. The van der Waals surface area contributed by atoms with Crippen LogP contribution in [0.3, 0.4) is 0 Å². The Balaban J connectivity index is 2.15. The average Bonchev–Trinajstić information content (AvgIpc) is 2.66. The first-order chi connectivity index (χ1) is 14.6. The van der Waals surface area contributed by atoms with E-state index in [1.165, 1.54) is 24.3 Å². The van der Waals surface area contributed by atoms with E-state index in [-0.39, 0.29) is 16.9 Å². The standard InChI is InChI=1S/C20H17F5O6Si/c1-32(2,3)31-17(27)13-7-5-8-14(11-13)29-16(26)12-6-4-9-15(10-12)30-18(28)19(21,22)20(23,24)25/h4-11H,1-3H3. The monoisotopic (exact) mass is 476 g/mol. The van der Waals surface area contributed by atoms with Gasteiger partial charge in [-0.25, -0.2) is 14.4 Å². The quantitative estimate of drug-likeness (QED) is 0.253. The van der Waals surface area contributed by atoms with E-state index in [2.05, 4.69) is 4.74 Å². The number of carbonyl (C=O) groups excluding carboxylic acids is 3. The summed E-state index contributed by atoms with van der Waals surface area (Å²) in [6, 6.07) is 9.40. The molecule has 0 spiro atoms. The lowest BCUT2D eigenvalue weighted by atomic mass is 10.2. The van der Waals surface area contributed by atoms with E-state index in [1.54, 1.807) is 19.6 Å². The molecule has 0 aliphatic rings. The van der Waals surface area contributed by atoms with Crippen molar-refractivity contribution in [1.82, 2.24) is 0 Å². The number of carbonyl (C=O) groups is 3. The Morgan fingerprint density at radius 2 is 1.22 bits per heavy atom. The van der Waals surface area contributed by atoms with E-state index in [0.29, 0.717) is 0 Å². The van der Waals surface area contributed by atoms with Gasteiger partial charge >= 0.3 is 30.0 Å². The number of halogens is 5. The van der Waals surface area contributed by atoms with Crippen LogP contribution in [0.15, 0.2) is 48.5 Å². The average molecular weight is 476 g/mol. The lowest BCUT2D eigenvalue weighted by molar-refractivity contribution is -0.276. The Kier molecular flexibility index (Phi) is 7.08. The van der Waals surface area contributed by atoms with Crippen LogP contribution in [0.25, 0.3) is 0 Å². The van der Waals surface area contributed by atoms with Crippen LogP contribution < -0.4 is 9.47 Å². The molecule has 0 amide bonds. The molecule has 0 atom stereocenters. The van der Waals surface area contributed by atoms with Gasteiger partial charge < -0.3 is 13.9 Å². The Morgan fingerprint density at radius 3 is 1.69 bits per heavy atom. The Labute approximate surface area is 180 Å². The first kappa shape index (κ1) is 25.0. The SMILES string of the molecule is C[Si](C)(C)OC(=O)c1cccc(OC(=O)c2cccc(OC(=O)C(F)(F)C(F)(F)F)c2)c1. The fourth-order valence-electron chi connectivity index (χ4n) is 2.16. The van der Waals surface area contributed by atoms with Gasteiger partial charge in [-0.15, -0.1) is 0 Å². The Hall–Kier alpha value is -3.28. The smallest absolute Gasteiger partial charge is 0.465 e. The highest BCUT2D eigenvalue weighted by Crippen LogP contribution is 2.36. The molecule has 12 heteroatoms. The summed E-state index contributed by atoms with van der Waals surface area (Å²) < 4.78 is 77.4. The first-order valence-corrected chi connectivity index (χ1v) is 12.3. The zero-order valence-corrected chi connectivity index (χ0v) is 18.0. The van der Waals surface area contributed by atoms with Gasteiger partial charge in [0.05, 0.1) is 11.1 Å². The molecule has 0 radical (unpaired) electrons. The van der Waals surface area contributed by atoms with Crippen LogP contribution in [0.1, 0.15) is 20.7 Å². The van der Waals surface area contributed by atoms with E-state index in [0.717, 1.165) is 24.3 Å². The van der Waals surface area contributed by atoms with Crippen molar-refractivity contribution < 1.29 is 50.2 Å². The zero-order chi connectivity index (χ0) is 24.3. The summed E-state index contributed by atoms with van der Waals surface area (Å²) in [7, 11) is -2.17. The van der Waals surface area contributed by atoms with Gasteiger partial charge in [0.1, 0.15) is 11.5 Å². The Morgan fingerprint density at radius 1 is 0.750 bits per heavy atom. The number of hydrogen-bond donors (Lipinski definition) is 0. The minimum atomic E-state index is -6.14. The van der Waals surface area contributed by atoms with Gasteiger partial charge in [0.15, 0.2) is 0 Å². The van der Waals surface area contributed by atoms with Crippen LogP contribution in [0.2, 0.25) is 19.6 Å². The third kappa shape index (κ3) is 6.36. The summed E-state index contributed by atoms with van der Waals surface area (Å²) in [5.41, 5.74) is -0.185. The summed E-state index contributed by atoms with van der Waals surface area (Å²) in [4.78, 5) is 35.7. The minimum absolute atomic E-state index is 0.0500. The fraction of sp³-hybridized carbons (Fsp3) is 0.250. The maximum atomic E-state index is 13.0. The zero-order valence-electron chi connectivity index (χ0n) is 17.0. The van der Waals surface area contributed by atoms with Crippen molar-refractivity contribution in [1.29, 1.82) is 0 Å². The fourth-order valence-corrected chi connectivity index (χ4v) is 2.84. The molecular formula is C20H17F5O6Si. The highest BCUT2D eigenvalue weighted by atomic mass is 28.4. The van der Waals surface area contributed by atoms with Crippen LogP contribution in [-0.2, 0) is 9.22 Å². The third-order valence-corrected chi connectivity index (χ3v) is 4.37. The molecule has 0 bridgehead atoms. The summed E-state index contributed by atoms with van der Waals surface area (Å²) in [6.45, 7) is 5.41. The molecule has 0 fully saturated rings. The highest BCUT2D eigenvalue weighted by molar-refractivity contribution is 6.71. The molecule has 0 saturated carbocycles. The van der Waals surface area contributed by atoms with Gasteiger partial charge in [-0.05, 0) is 56.0 Å². The lowest BCUT2D eigenvalue weighted by Crippen LogP contribution is -2.46. The van der Waals surface area contributed by atoms with Crippen LogP contribution in [-0.4, -0.2) is 38.3 Å². The van der Waals surface area contributed by atoms with E-state index in [1.807, 2.05) is 0 Å². The van der Waals surface area contributed by atoms with Crippen molar-refractivity contribution in [2.24, 2.45) is 0 Å². The van der Waals surface area contributed by atoms with Gasteiger partial charge in [-0.3, -0.25) is 0 Å². The lowest BCUT2D eigenvalue weighted by Gasteiger charge is -2.17. The summed E-state index contributed by atoms with van der Waals surface area (Å²) in [5.74, 6) is -11.0. The molecule has 172 valence electrons. The molecule has 0 saturated heterocycles. The third-order valence-electron chi connectivity index (χ3n) is 3.57. The number of alkyl halides is 5. The number of rotatable bonds is 6. The predicted octanol–water partition coefficient (Wildman–Crippen LogP) is 5.00. The van der Waals surface area contributed by atoms with Crippen molar-refractivity contribution in [3.63, 3.8) is 0 Å². The van der Waals surface area contributed by atoms with E-state index in [4.69, 9.17) is 9.16 Å². The molecule has 2 rings (SSSR count). The van der Waals surface area contributed by atoms with Crippen molar-refractivity contribution >= 4 is 26.2 Å². The summed E-state index contributed by atoms with van der Waals surface area (Å²) in [5, 5.41) is 0. The van der Waals surface area contributed by atoms with Crippen molar-refractivity contribution in [2.45, 2.75) is 31.7 Å². The molecule has 0 aromatic heterocycles. The second-order valence-electron chi connectivity index (χ2n) is 7.41. The van der Waals surface area contributed by atoms with E-state index in [9.17, 15) is 36.3 Å². The van der Waals surface area contributed by atoms with Crippen LogP contribution in [0, 0.1) is 0 Å².